The van der Waals surface area contributed by atoms with Crippen molar-refractivity contribution in [3.8, 4) is 5.75 Å². The lowest BCUT2D eigenvalue weighted by atomic mass is 10.1. The zero-order valence-corrected chi connectivity index (χ0v) is 17.9. The number of hydrogen-bond donors (Lipinski definition) is 1. The van der Waals surface area contributed by atoms with Crippen LogP contribution in [0.15, 0.2) is 36.4 Å². The number of aromatic nitrogens is 2. The predicted molar refractivity (Wildman–Crippen MR) is 118 cm³/mol. The fourth-order valence-corrected chi connectivity index (χ4v) is 3.76. The maximum Gasteiger partial charge on any atom is 0.201 e. The van der Waals surface area contributed by atoms with Gasteiger partial charge in [0.05, 0.1) is 22.7 Å². The van der Waals surface area contributed by atoms with E-state index in [2.05, 4.69) is 41.6 Å². The summed E-state index contributed by atoms with van der Waals surface area (Å²) >= 11 is 12.0. The van der Waals surface area contributed by atoms with Crippen LogP contribution in [-0.4, -0.2) is 16.2 Å². The van der Waals surface area contributed by atoms with E-state index in [4.69, 9.17) is 33.7 Å². The number of hydrogen-bond acceptors (Lipinski definition) is 3. The molecule has 0 unspecified atom stereocenters. The first-order valence-electron chi connectivity index (χ1n) is 9.76. The van der Waals surface area contributed by atoms with Crippen LogP contribution in [0, 0.1) is 5.92 Å². The smallest absolute Gasteiger partial charge is 0.201 e. The molecule has 6 heteroatoms. The number of ether oxygens (including phenoxy) is 1. The Morgan fingerprint density at radius 1 is 1.11 bits per heavy atom. The van der Waals surface area contributed by atoms with Gasteiger partial charge in [0.2, 0.25) is 5.95 Å². The van der Waals surface area contributed by atoms with Crippen LogP contribution >= 0.6 is 23.2 Å². The van der Waals surface area contributed by atoms with Crippen molar-refractivity contribution in [2.75, 3.05) is 12.3 Å². The zero-order valence-electron chi connectivity index (χ0n) is 16.4. The lowest BCUT2D eigenvalue weighted by Gasteiger charge is -2.09. The SMILES string of the molecule is CC(C)CCCn1c(N)nc2cc(CCCOc3ccc(Cl)cc3Cl)ccc21. The van der Waals surface area contributed by atoms with Gasteiger partial charge >= 0.3 is 0 Å². The molecule has 4 nitrogen and oxygen atoms in total. The highest BCUT2D eigenvalue weighted by molar-refractivity contribution is 6.35. The van der Waals surface area contributed by atoms with E-state index in [-0.39, 0.29) is 0 Å². The summed E-state index contributed by atoms with van der Waals surface area (Å²) in [5.41, 5.74) is 9.43. The number of benzene rings is 2. The van der Waals surface area contributed by atoms with E-state index in [1.165, 1.54) is 12.0 Å². The van der Waals surface area contributed by atoms with Crippen LogP contribution in [0.25, 0.3) is 11.0 Å². The molecule has 0 aliphatic heterocycles. The third-order valence-electron chi connectivity index (χ3n) is 4.77. The Morgan fingerprint density at radius 3 is 2.68 bits per heavy atom. The summed E-state index contributed by atoms with van der Waals surface area (Å²) in [6.07, 6.45) is 4.09. The maximum atomic E-state index is 6.14. The minimum atomic E-state index is 0.535. The summed E-state index contributed by atoms with van der Waals surface area (Å²) in [7, 11) is 0. The number of aryl methyl sites for hydroxylation is 2. The van der Waals surface area contributed by atoms with Crippen LogP contribution < -0.4 is 10.5 Å². The predicted octanol–water partition coefficient (Wildman–Crippen LogP) is 6.37. The molecule has 150 valence electrons. The Bertz CT molecular complexity index is 937. The molecule has 0 fully saturated rings. The number of halogens is 2. The molecule has 28 heavy (non-hydrogen) atoms. The Kier molecular flexibility index (Phi) is 7.08. The van der Waals surface area contributed by atoms with Gasteiger partial charge in [-0.1, -0.05) is 43.1 Å². The van der Waals surface area contributed by atoms with Crippen molar-refractivity contribution in [2.45, 2.75) is 46.1 Å². The minimum absolute atomic E-state index is 0.535. The zero-order chi connectivity index (χ0) is 20.1. The van der Waals surface area contributed by atoms with E-state index in [1.54, 1.807) is 18.2 Å². The number of nitrogens with two attached hydrogens (primary N) is 1. The average molecular weight is 420 g/mol. The van der Waals surface area contributed by atoms with Crippen molar-refractivity contribution < 1.29 is 4.74 Å². The second-order valence-electron chi connectivity index (χ2n) is 7.51. The molecule has 3 aromatic rings. The van der Waals surface area contributed by atoms with Crippen LogP contribution in [0.1, 0.15) is 38.7 Å². The maximum absolute atomic E-state index is 6.14. The number of rotatable bonds is 9. The standard InChI is InChI=1S/C22H27Cl2N3O/c1-15(2)5-3-11-27-20-9-7-16(13-19(20)26-22(27)25)6-4-12-28-21-10-8-17(23)14-18(21)24/h7-10,13-15H,3-6,11-12H2,1-2H3,(H2,25,26). The second kappa shape index (κ2) is 9.53. The molecule has 0 saturated carbocycles. The first-order valence-corrected chi connectivity index (χ1v) is 10.5. The molecule has 0 aliphatic rings. The van der Waals surface area contributed by atoms with Crippen molar-refractivity contribution in [2.24, 2.45) is 5.92 Å². The van der Waals surface area contributed by atoms with Gasteiger partial charge in [0.25, 0.3) is 0 Å². The summed E-state index contributed by atoms with van der Waals surface area (Å²) in [5, 5.41) is 1.14. The van der Waals surface area contributed by atoms with E-state index < -0.39 is 0 Å². The molecule has 0 spiro atoms. The first-order chi connectivity index (χ1) is 13.4. The van der Waals surface area contributed by atoms with E-state index in [0.29, 0.717) is 34.3 Å². The van der Waals surface area contributed by atoms with Gasteiger partial charge in [-0.05, 0) is 67.5 Å². The van der Waals surface area contributed by atoms with Crippen molar-refractivity contribution >= 4 is 40.2 Å². The highest BCUT2D eigenvalue weighted by atomic mass is 35.5. The van der Waals surface area contributed by atoms with Crippen LogP contribution in [0.2, 0.25) is 10.0 Å². The van der Waals surface area contributed by atoms with Crippen LogP contribution in [0.5, 0.6) is 5.75 Å². The molecule has 3 rings (SSSR count). The molecule has 1 heterocycles. The van der Waals surface area contributed by atoms with E-state index in [9.17, 15) is 0 Å². The Morgan fingerprint density at radius 2 is 1.93 bits per heavy atom. The van der Waals surface area contributed by atoms with E-state index in [0.717, 1.165) is 36.8 Å². The average Bonchev–Trinajstić information content (AvgIpc) is 2.95. The van der Waals surface area contributed by atoms with Gasteiger partial charge in [0.15, 0.2) is 0 Å². The molecule has 0 saturated heterocycles. The van der Waals surface area contributed by atoms with Crippen LogP contribution in [0.4, 0.5) is 5.95 Å². The van der Waals surface area contributed by atoms with Crippen molar-refractivity contribution in [3.05, 3.63) is 52.0 Å². The number of nitrogen functional groups attached to an aromatic ring is 1. The molecule has 2 N–H and O–H groups in total. The number of fused-ring (bicyclic) bond motifs is 1. The van der Waals surface area contributed by atoms with Gasteiger partial charge in [-0.15, -0.1) is 0 Å². The van der Waals surface area contributed by atoms with Crippen molar-refractivity contribution in [3.63, 3.8) is 0 Å². The second-order valence-corrected chi connectivity index (χ2v) is 8.35. The molecule has 0 amide bonds. The van der Waals surface area contributed by atoms with E-state index >= 15 is 0 Å². The summed E-state index contributed by atoms with van der Waals surface area (Å²) in [5.74, 6) is 1.96. The van der Waals surface area contributed by atoms with Gasteiger partial charge in [-0.25, -0.2) is 4.98 Å². The third kappa shape index (κ3) is 5.33. The highest BCUT2D eigenvalue weighted by Crippen LogP contribution is 2.27. The Labute approximate surface area is 176 Å². The number of nitrogens with zero attached hydrogens (tertiary/aromatic N) is 2. The molecular formula is C22H27Cl2N3O. The lowest BCUT2D eigenvalue weighted by molar-refractivity contribution is 0.311. The highest BCUT2D eigenvalue weighted by Gasteiger charge is 2.09. The van der Waals surface area contributed by atoms with Crippen LogP contribution in [0.3, 0.4) is 0 Å². The lowest BCUT2D eigenvalue weighted by Crippen LogP contribution is -2.04. The quantitative estimate of drug-likeness (QED) is 0.409. The molecule has 1 aromatic heterocycles. The number of anilines is 1. The first kappa shape index (κ1) is 20.8. The monoisotopic (exact) mass is 419 g/mol. The fourth-order valence-electron chi connectivity index (χ4n) is 3.29. The fraction of sp³-hybridized carbons (Fsp3) is 0.409. The van der Waals surface area contributed by atoms with Gasteiger partial charge < -0.3 is 15.0 Å². The summed E-state index contributed by atoms with van der Waals surface area (Å²) in [6, 6.07) is 11.7. The van der Waals surface area contributed by atoms with Gasteiger partial charge in [-0.2, -0.15) is 0 Å². The molecular weight excluding hydrogens is 393 g/mol. The summed E-state index contributed by atoms with van der Waals surface area (Å²) in [6.45, 7) is 5.99. The van der Waals surface area contributed by atoms with Crippen molar-refractivity contribution in [1.82, 2.24) is 9.55 Å². The summed E-state index contributed by atoms with van der Waals surface area (Å²) < 4.78 is 7.88. The van der Waals surface area contributed by atoms with Gasteiger partial charge in [-0.3, -0.25) is 0 Å². The van der Waals surface area contributed by atoms with E-state index in [1.807, 2.05) is 0 Å². The Hall–Kier alpha value is -1.91. The molecule has 0 atom stereocenters. The number of imidazole rings is 1. The largest absolute Gasteiger partial charge is 0.492 e. The van der Waals surface area contributed by atoms with Crippen molar-refractivity contribution in [1.29, 1.82) is 0 Å². The van der Waals surface area contributed by atoms with Crippen LogP contribution in [-0.2, 0) is 13.0 Å². The van der Waals surface area contributed by atoms with Gasteiger partial charge in [0, 0.05) is 11.6 Å². The molecule has 0 aliphatic carbocycles. The molecule has 0 radical (unpaired) electrons. The topological polar surface area (TPSA) is 53.1 Å². The van der Waals surface area contributed by atoms with Gasteiger partial charge in [0.1, 0.15) is 5.75 Å². The summed E-state index contributed by atoms with van der Waals surface area (Å²) in [4.78, 5) is 4.55. The normalized spacial score (nSPS) is 11.5. The molecule has 2 aromatic carbocycles. The third-order valence-corrected chi connectivity index (χ3v) is 5.30. The minimum Gasteiger partial charge on any atom is -0.492 e. The Balaban J connectivity index is 1.57. The molecule has 0 bridgehead atoms.